The molecular formula is C20H25N5O6S2. The van der Waals surface area contributed by atoms with Gasteiger partial charge in [0, 0.05) is 19.1 Å². The minimum atomic E-state index is -3.82. The number of imidazole rings is 1. The van der Waals surface area contributed by atoms with Crippen LogP contribution in [0.15, 0.2) is 25.9 Å². The summed E-state index contributed by atoms with van der Waals surface area (Å²) in [5.41, 5.74) is -0.639. The van der Waals surface area contributed by atoms with Gasteiger partial charge in [-0.3, -0.25) is 14.3 Å². The van der Waals surface area contributed by atoms with Crippen molar-refractivity contribution in [2.24, 2.45) is 0 Å². The van der Waals surface area contributed by atoms with Gasteiger partial charge in [0.2, 0.25) is 10.0 Å². The number of aryl methyl sites for hydroxylation is 2. The zero-order valence-corrected chi connectivity index (χ0v) is 19.9. The van der Waals surface area contributed by atoms with Gasteiger partial charge in [-0.2, -0.15) is 0 Å². The number of aromatic nitrogens is 4. The molecule has 1 fully saturated rings. The van der Waals surface area contributed by atoms with Crippen LogP contribution in [-0.2, 0) is 34.5 Å². The van der Waals surface area contributed by atoms with Gasteiger partial charge in [-0.15, -0.1) is 11.3 Å². The van der Waals surface area contributed by atoms with Crippen LogP contribution in [0.25, 0.3) is 11.2 Å². The molecule has 4 rings (SSSR count). The molecule has 13 heteroatoms. The van der Waals surface area contributed by atoms with Gasteiger partial charge in [-0.1, -0.05) is 13.3 Å². The maximum Gasteiger partial charge on any atom is 0.350 e. The number of carbonyl (C=O) groups excluding carboxylic acids is 1. The second-order valence-corrected chi connectivity index (χ2v) is 10.4. The lowest BCUT2D eigenvalue weighted by Gasteiger charge is -2.08. The van der Waals surface area contributed by atoms with E-state index in [4.69, 9.17) is 4.74 Å². The Morgan fingerprint density at radius 2 is 2.06 bits per heavy atom. The molecule has 2 N–H and O–H groups in total. The van der Waals surface area contributed by atoms with Gasteiger partial charge in [-0.05, 0) is 37.6 Å². The Kier molecular flexibility index (Phi) is 6.54. The summed E-state index contributed by atoms with van der Waals surface area (Å²) in [5, 5.41) is 1.52. The van der Waals surface area contributed by atoms with Crippen LogP contribution >= 0.6 is 11.3 Å². The van der Waals surface area contributed by atoms with Crippen LogP contribution in [0.1, 0.15) is 55.0 Å². The lowest BCUT2D eigenvalue weighted by molar-refractivity contribution is 0.0460. The summed E-state index contributed by atoms with van der Waals surface area (Å²) in [4.78, 5) is 44.1. The van der Waals surface area contributed by atoms with Gasteiger partial charge in [0.25, 0.3) is 5.56 Å². The van der Waals surface area contributed by atoms with Crippen molar-refractivity contribution in [3.05, 3.63) is 43.0 Å². The number of hydrogen-bond donors (Lipinski definition) is 2. The number of carbonyl (C=O) groups is 1. The van der Waals surface area contributed by atoms with Gasteiger partial charge in [0.15, 0.2) is 11.2 Å². The van der Waals surface area contributed by atoms with Crippen molar-refractivity contribution in [2.75, 3.05) is 0 Å². The monoisotopic (exact) mass is 495 g/mol. The van der Waals surface area contributed by atoms with E-state index >= 15 is 0 Å². The molecule has 0 amide bonds. The largest absolute Gasteiger partial charge is 0.453 e. The van der Waals surface area contributed by atoms with Gasteiger partial charge in [-0.25, -0.2) is 27.7 Å². The molecule has 0 aliphatic heterocycles. The fourth-order valence-corrected chi connectivity index (χ4v) is 6.15. The van der Waals surface area contributed by atoms with Gasteiger partial charge < -0.3 is 9.30 Å². The van der Waals surface area contributed by atoms with E-state index in [9.17, 15) is 22.8 Å². The van der Waals surface area contributed by atoms with Crippen molar-refractivity contribution in [1.29, 1.82) is 0 Å². The number of fused-ring (bicyclic) bond motifs is 1. The van der Waals surface area contributed by atoms with Gasteiger partial charge >= 0.3 is 11.7 Å². The zero-order chi connectivity index (χ0) is 23.8. The van der Waals surface area contributed by atoms with E-state index in [1.807, 2.05) is 6.92 Å². The van der Waals surface area contributed by atoms with E-state index in [-0.39, 0.29) is 33.6 Å². The van der Waals surface area contributed by atoms with Crippen LogP contribution in [-0.4, -0.2) is 39.5 Å². The molecule has 11 nitrogen and oxygen atoms in total. The van der Waals surface area contributed by atoms with Crippen LogP contribution in [0.5, 0.6) is 0 Å². The molecule has 1 saturated carbocycles. The zero-order valence-electron chi connectivity index (χ0n) is 18.3. The number of nitrogens with zero attached hydrogens (tertiary/aromatic N) is 3. The van der Waals surface area contributed by atoms with Crippen LogP contribution in [0.4, 0.5) is 0 Å². The summed E-state index contributed by atoms with van der Waals surface area (Å²) in [7, 11) is -3.82. The first-order chi connectivity index (χ1) is 15.8. The van der Waals surface area contributed by atoms with Crippen molar-refractivity contribution in [3.63, 3.8) is 0 Å². The summed E-state index contributed by atoms with van der Waals surface area (Å²) in [6.45, 7) is 4.27. The van der Waals surface area contributed by atoms with E-state index in [0.29, 0.717) is 18.9 Å². The first-order valence-electron chi connectivity index (χ1n) is 10.8. The predicted molar refractivity (Wildman–Crippen MR) is 122 cm³/mol. The fourth-order valence-electron chi connectivity index (χ4n) is 3.53. The van der Waals surface area contributed by atoms with E-state index < -0.39 is 27.2 Å². The highest BCUT2D eigenvalue weighted by atomic mass is 32.2. The van der Waals surface area contributed by atoms with E-state index in [1.165, 1.54) is 16.0 Å². The second kappa shape index (κ2) is 9.23. The number of H-pyrrole nitrogens is 1. The topological polar surface area (TPSA) is 145 Å². The molecule has 1 aliphatic carbocycles. The predicted octanol–water partition coefficient (Wildman–Crippen LogP) is 1.57. The summed E-state index contributed by atoms with van der Waals surface area (Å²) in [6, 6.07) is 1.28. The van der Waals surface area contributed by atoms with E-state index in [0.717, 1.165) is 37.0 Å². The Balaban J connectivity index is 1.62. The highest BCUT2D eigenvalue weighted by Crippen LogP contribution is 2.27. The van der Waals surface area contributed by atoms with E-state index in [2.05, 4.69) is 14.7 Å². The Morgan fingerprint density at radius 3 is 2.73 bits per heavy atom. The van der Waals surface area contributed by atoms with Crippen molar-refractivity contribution in [3.8, 4) is 0 Å². The third-order valence-corrected chi connectivity index (χ3v) is 7.94. The third kappa shape index (κ3) is 4.66. The third-order valence-electron chi connectivity index (χ3n) is 5.35. The smallest absolute Gasteiger partial charge is 0.350 e. The maximum absolute atomic E-state index is 12.7. The highest BCUT2D eigenvalue weighted by Gasteiger charge is 2.32. The number of nitrogens with one attached hydrogen (secondary N) is 2. The number of unbranched alkanes of at least 4 members (excludes halogenated alkanes) is 1. The van der Waals surface area contributed by atoms with Crippen LogP contribution in [0, 0.1) is 0 Å². The molecule has 3 aromatic rings. The maximum atomic E-state index is 12.7. The Bertz CT molecular complexity index is 1410. The van der Waals surface area contributed by atoms with Gasteiger partial charge in [0.1, 0.15) is 22.2 Å². The molecule has 0 saturated heterocycles. The normalized spacial score (nSPS) is 14.1. The molecule has 33 heavy (non-hydrogen) atoms. The standard InChI is InChI=1S/C20H25N5O6S2/c1-3-5-9-25-17-15(18(26)22-20(25)28)24(4-2)14(21-17)11-31-19(27)16-13(8-10-32-16)33(29,30)23-12-6-7-12/h8,10,12,23H,3-7,9,11H2,1-2H3,(H,22,26,28). The number of rotatable bonds is 10. The first kappa shape index (κ1) is 23.4. The highest BCUT2D eigenvalue weighted by molar-refractivity contribution is 7.89. The van der Waals surface area contributed by atoms with Crippen molar-refractivity contribution >= 4 is 38.5 Å². The number of esters is 1. The second-order valence-electron chi connectivity index (χ2n) is 7.79. The van der Waals surface area contributed by atoms with Crippen LogP contribution in [0.3, 0.4) is 0 Å². The van der Waals surface area contributed by atoms with Crippen molar-refractivity contribution < 1.29 is 17.9 Å². The number of aromatic amines is 1. The summed E-state index contributed by atoms with van der Waals surface area (Å²) < 4.78 is 36.0. The summed E-state index contributed by atoms with van der Waals surface area (Å²) in [5.74, 6) is -0.507. The number of ether oxygens (including phenoxy) is 1. The quantitative estimate of drug-likeness (QED) is 0.406. The minimum absolute atomic E-state index is 0.0278. The van der Waals surface area contributed by atoms with Crippen LogP contribution in [0.2, 0.25) is 0 Å². The Hall–Kier alpha value is -2.77. The number of sulfonamides is 1. The summed E-state index contributed by atoms with van der Waals surface area (Å²) >= 11 is 0.977. The molecule has 0 bridgehead atoms. The summed E-state index contributed by atoms with van der Waals surface area (Å²) in [6.07, 6.45) is 3.14. The molecule has 0 unspecified atom stereocenters. The molecular weight excluding hydrogens is 470 g/mol. The molecule has 0 atom stereocenters. The molecule has 3 aromatic heterocycles. The van der Waals surface area contributed by atoms with Crippen molar-refractivity contribution in [1.82, 2.24) is 23.8 Å². The Morgan fingerprint density at radius 1 is 1.30 bits per heavy atom. The SMILES string of the molecule is CCCCn1c(=O)[nH]c(=O)c2c1nc(COC(=O)c1sccc1S(=O)(=O)NC1CC1)n2CC. The molecule has 0 radical (unpaired) electrons. The fraction of sp³-hybridized carbons (Fsp3) is 0.500. The average molecular weight is 496 g/mol. The Labute approximate surface area is 193 Å². The molecule has 0 aromatic carbocycles. The van der Waals surface area contributed by atoms with Crippen molar-refractivity contribution in [2.45, 2.75) is 70.2 Å². The molecule has 0 spiro atoms. The average Bonchev–Trinajstić information content (AvgIpc) is 3.27. The first-order valence-corrected chi connectivity index (χ1v) is 13.1. The lowest BCUT2D eigenvalue weighted by atomic mass is 10.3. The molecule has 3 heterocycles. The molecule has 1 aliphatic rings. The van der Waals surface area contributed by atoms with Crippen LogP contribution < -0.4 is 16.0 Å². The lowest BCUT2D eigenvalue weighted by Crippen LogP contribution is -2.31. The number of hydrogen-bond acceptors (Lipinski definition) is 8. The van der Waals surface area contributed by atoms with E-state index in [1.54, 1.807) is 11.5 Å². The minimum Gasteiger partial charge on any atom is -0.453 e. The van der Waals surface area contributed by atoms with Gasteiger partial charge in [0.05, 0.1) is 0 Å². The molecule has 178 valence electrons. The number of thiophene rings is 1.